The predicted molar refractivity (Wildman–Crippen MR) is 94.9 cm³/mol. The average molecular weight is 418 g/mol. The first kappa shape index (κ1) is 14.6. The molecule has 4 rings (SSSR count). The molecule has 0 radical (unpaired) electrons. The Balaban J connectivity index is 2.09. The zero-order chi connectivity index (χ0) is 16.2. The van der Waals surface area contributed by atoms with Crippen molar-refractivity contribution in [2.24, 2.45) is 5.73 Å². The molecule has 4 N–H and O–H groups in total. The molecule has 1 aromatic rings. The number of amides is 1. The normalized spacial score (nSPS) is 25.7. The number of fused-ring (bicyclic) bond motifs is 3. The van der Waals surface area contributed by atoms with Gasteiger partial charge in [-0.15, -0.1) is 0 Å². The van der Waals surface area contributed by atoms with Crippen LogP contribution in [0.1, 0.15) is 31.2 Å². The number of benzene rings is 1. The van der Waals surface area contributed by atoms with E-state index in [0.29, 0.717) is 11.4 Å². The Morgan fingerprint density at radius 3 is 2.83 bits per heavy atom. The number of allylic oxidation sites excluding steroid dienone is 1. The van der Waals surface area contributed by atoms with E-state index in [9.17, 15) is 10.1 Å². The highest BCUT2D eigenvalue weighted by molar-refractivity contribution is 14.1. The molecule has 1 amide bonds. The Bertz CT molecular complexity index is 849. The lowest BCUT2D eigenvalue weighted by Crippen LogP contribution is -2.47. The zero-order valence-electron chi connectivity index (χ0n) is 12.4. The van der Waals surface area contributed by atoms with E-state index in [1.54, 1.807) is 0 Å². The van der Waals surface area contributed by atoms with E-state index in [-0.39, 0.29) is 5.91 Å². The minimum absolute atomic E-state index is 0.162. The smallest absolute Gasteiger partial charge is 0.244 e. The zero-order valence-corrected chi connectivity index (χ0v) is 14.5. The molecule has 3 aliphatic rings. The van der Waals surface area contributed by atoms with E-state index in [2.05, 4.69) is 39.3 Å². The number of rotatable bonds is 0. The minimum Gasteiger partial charge on any atom is -0.384 e. The van der Waals surface area contributed by atoms with Crippen LogP contribution in [0.2, 0.25) is 0 Å². The van der Waals surface area contributed by atoms with Gasteiger partial charge in [0.15, 0.2) is 0 Å². The van der Waals surface area contributed by atoms with Crippen molar-refractivity contribution >= 4 is 34.2 Å². The number of anilines is 1. The van der Waals surface area contributed by atoms with Crippen molar-refractivity contribution in [3.63, 3.8) is 0 Å². The highest BCUT2D eigenvalue weighted by Crippen LogP contribution is 2.53. The van der Waals surface area contributed by atoms with Crippen LogP contribution in [-0.4, -0.2) is 5.91 Å². The molecule has 0 fully saturated rings. The minimum atomic E-state index is -1.06. The van der Waals surface area contributed by atoms with Gasteiger partial charge in [0.05, 0.1) is 5.57 Å². The Morgan fingerprint density at radius 1 is 1.26 bits per heavy atom. The fourth-order valence-electron chi connectivity index (χ4n) is 4.00. The van der Waals surface area contributed by atoms with Crippen molar-refractivity contribution in [2.45, 2.75) is 31.1 Å². The van der Waals surface area contributed by atoms with Gasteiger partial charge in [0, 0.05) is 20.5 Å². The SMILES string of the molecule is N#CC1=C(N)NC2=C(CCCC2)C12C(=O)Nc1ccc(I)cc12. The average Bonchev–Trinajstić information content (AvgIpc) is 2.81. The summed E-state index contributed by atoms with van der Waals surface area (Å²) in [6.45, 7) is 0. The molecule has 0 saturated carbocycles. The van der Waals surface area contributed by atoms with Gasteiger partial charge < -0.3 is 16.4 Å². The summed E-state index contributed by atoms with van der Waals surface area (Å²) in [5, 5.41) is 15.9. The van der Waals surface area contributed by atoms with E-state index in [1.165, 1.54) is 0 Å². The van der Waals surface area contributed by atoms with Gasteiger partial charge in [-0.1, -0.05) is 0 Å². The molecule has 1 unspecified atom stereocenters. The van der Waals surface area contributed by atoms with Crippen molar-refractivity contribution in [1.82, 2.24) is 5.32 Å². The third kappa shape index (κ3) is 1.80. The van der Waals surface area contributed by atoms with Crippen LogP contribution in [0, 0.1) is 14.9 Å². The van der Waals surface area contributed by atoms with Crippen LogP contribution in [0.15, 0.2) is 40.9 Å². The van der Waals surface area contributed by atoms with E-state index >= 15 is 0 Å². The number of halogens is 1. The molecule has 1 atom stereocenters. The summed E-state index contributed by atoms with van der Waals surface area (Å²) < 4.78 is 1.03. The number of nitriles is 1. The Morgan fingerprint density at radius 2 is 2.04 bits per heavy atom. The van der Waals surface area contributed by atoms with E-state index in [0.717, 1.165) is 51.8 Å². The van der Waals surface area contributed by atoms with Gasteiger partial charge in [-0.2, -0.15) is 5.26 Å². The first-order chi connectivity index (χ1) is 11.1. The summed E-state index contributed by atoms with van der Waals surface area (Å²) in [6.07, 6.45) is 3.76. The number of hydrogen-bond donors (Lipinski definition) is 3. The first-order valence-electron chi connectivity index (χ1n) is 7.60. The van der Waals surface area contributed by atoms with Crippen LogP contribution in [0.25, 0.3) is 0 Å². The number of nitrogens with two attached hydrogens (primary N) is 1. The molecule has 116 valence electrons. The summed E-state index contributed by atoms with van der Waals surface area (Å²) in [4.78, 5) is 13.1. The van der Waals surface area contributed by atoms with Crippen LogP contribution in [0.5, 0.6) is 0 Å². The van der Waals surface area contributed by atoms with Crippen molar-refractivity contribution in [2.75, 3.05) is 5.32 Å². The second-order valence-corrected chi connectivity index (χ2v) is 7.33. The Labute approximate surface area is 147 Å². The summed E-state index contributed by atoms with van der Waals surface area (Å²) in [7, 11) is 0. The second-order valence-electron chi connectivity index (χ2n) is 6.08. The van der Waals surface area contributed by atoms with Crippen LogP contribution in [0.4, 0.5) is 5.69 Å². The number of carbonyl (C=O) groups excluding carboxylic acids is 1. The van der Waals surface area contributed by atoms with Gasteiger partial charge in [0.1, 0.15) is 17.3 Å². The van der Waals surface area contributed by atoms with Gasteiger partial charge >= 0.3 is 0 Å². The molecule has 0 bridgehead atoms. The monoisotopic (exact) mass is 418 g/mol. The van der Waals surface area contributed by atoms with Crippen molar-refractivity contribution in [1.29, 1.82) is 5.26 Å². The van der Waals surface area contributed by atoms with Gasteiger partial charge in [0.25, 0.3) is 0 Å². The number of nitrogens with one attached hydrogen (secondary N) is 2. The lowest BCUT2D eigenvalue weighted by molar-refractivity contribution is -0.118. The third-order valence-electron chi connectivity index (χ3n) is 4.94. The molecule has 0 saturated heterocycles. The lowest BCUT2D eigenvalue weighted by atomic mass is 9.64. The third-order valence-corrected chi connectivity index (χ3v) is 5.61. The van der Waals surface area contributed by atoms with E-state index in [4.69, 9.17) is 5.73 Å². The van der Waals surface area contributed by atoms with Crippen LogP contribution >= 0.6 is 22.6 Å². The van der Waals surface area contributed by atoms with Gasteiger partial charge in [-0.05, 0) is 72.0 Å². The fourth-order valence-corrected chi connectivity index (χ4v) is 4.49. The molecule has 2 aliphatic heterocycles. The topological polar surface area (TPSA) is 90.9 Å². The molecule has 1 aliphatic carbocycles. The standard InChI is InChI=1S/C17H15IN4O/c18-9-5-6-14-11(7-9)17(16(23)22-14)10-3-1-2-4-13(10)21-15(20)12(17)8-19/h5-7,21H,1-4,20H2,(H,22,23). The van der Waals surface area contributed by atoms with Crippen LogP contribution in [0.3, 0.4) is 0 Å². The van der Waals surface area contributed by atoms with Crippen LogP contribution in [-0.2, 0) is 10.2 Å². The Hall–Kier alpha value is -2.01. The number of nitrogens with zero attached hydrogens (tertiary/aromatic N) is 1. The number of dihydropyridines is 1. The predicted octanol–water partition coefficient (Wildman–Crippen LogP) is 2.61. The number of carbonyl (C=O) groups is 1. The highest BCUT2D eigenvalue weighted by atomic mass is 127. The summed E-state index contributed by atoms with van der Waals surface area (Å²) in [5.41, 5.74) is 9.04. The maximum absolute atomic E-state index is 13.1. The number of hydrogen-bond acceptors (Lipinski definition) is 4. The largest absolute Gasteiger partial charge is 0.384 e. The van der Waals surface area contributed by atoms with E-state index < -0.39 is 5.41 Å². The summed E-state index contributed by atoms with van der Waals surface area (Å²) >= 11 is 2.23. The fraction of sp³-hybridized carbons (Fsp3) is 0.294. The second kappa shape index (κ2) is 4.99. The first-order valence-corrected chi connectivity index (χ1v) is 8.68. The summed E-state index contributed by atoms with van der Waals surface area (Å²) in [5.74, 6) is 0.139. The molecule has 5 nitrogen and oxygen atoms in total. The van der Waals surface area contributed by atoms with Crippen molar-refractivity contribution in [3.05, 3.63) is 50.0 Å². The van der Waals surface area contributed by atoms with Crippen molar-refractivity contribution < 1.29 is 4.79 Å². The Kier molecular flexibility index (Phi) is 3.17. The van der Waals surface area contributed by atoms with Gasteiger partial charge in [-0.3, -0.25) is 4.79 Å². The van der Waals surface area contributed by atoms with Crippen molar-refractivity contribution in [3.8, 4) is 6.07 Å². The molecule has 1 aromatic carbocycles. The molecule has 0 aromatic heterocycles. The molecule has 2 heterocycles. The molecule has 23 heavy (non-hydrogen) atoms. The summed E-state index contributed by atoms with van der Waals surface area (Å²) in [6, 6.07) is 8.05. The van der Waals surface area contributed by atoms with Gasteiger partial charge in [0.2, 0.25) is 5.91 Å². The molecule has 1 spiro atoms. The van der Waals surface area contributed by atoms with Gasteiger partial charge in [-0.25, -0.2) is 0 Å². The van der Waals surface area contributed by atoms with E-state index in [1.807, 2.05) is 18.2 Å². The maximum Gasteiger partial charge on any atom is 0.244 e. The molecular weight excluding hydrogens is 403 g/mol. The molecule has 6 heteroatoms. The quantitative estimate of drug-likeness (QED) is 0.565. The lowest BCUT2D eigenvalue weighted by Gasteiger charge is -2.39. The maximum atomic E-state index is 13.1. The molecular formula is C17H15IN4O. The van der Waals surface area contributed by atoms with Crippen LogP contribution < -0.4 is 16.4 Å². The highest BCUT2D eigenvalue weighted by Gasteiger charge is 2.56.